The van der Waals surface area contributed by atoms with E-state index in [-0.39, 0.29) is 24.1 Å². The Morgan fingerprint density at radius 1 is 1.50 bits per heavy atom. The molecule has 0 aromatic carbocycles. The van der Waals surface area contributed by atoms with Gasteiger partial charge < -0.3 is 14.6 Å². The summed E-state index contributed by atoms with van der Waals surface area (Å²) in [7, 11) is 1.72. The monoisotopic (exact) mass is 365 g/mol. The number of amides is 1. The van der Waals surface area contributed by atoms with Gasteiger partial charge in [0.25, 0.3) is 0 Å². The highest BCUT2D eigenvalue weighted by molar-refractivity contribution is 7.99. The van der Waals surface area contributed by atoms with E-state index in [1.165, 1.54) is 23.1 Å². The Bertz CT molecular complexity index is 778. The number of hydrogen-bond acceptors (Lipinski definition) is 8. The van der Waals surface area contributed by atoms with Gasteiger partial charge in [-0.3, -0.25) is 9.59 Å². The molecule has 24 heavy (non-hydrogen) atoms. The van der Waals surface area contributed by atoms with Gasteiger partial charge in [0.15, 0.2) is 5.16 Å². The summed E-state index contributed by atoms with van der Waals surface area (Å²) in [5.74, 6) is -0.0203. The van der Waals surface area contributed by atoms with E-state index >= 15 is 0 Å². The molecule has 2 rings (SSSR count). The van der Waals surface area contributed by atoms with Crippen LogP contribution in [-0.4, -0.2) is 39.0 Å². The first-order chi connectivity index (χ1) is 11.5. The summed E-state index contributed by atoms with van der Waals surface area (Å²) in [5.41, 5.74) is 0.439. The predicted molar refractivity (Wildman–Crippen MR) is 89.7 cm³/mol. The lowest BCUT2D eigenvalue weighted by molar-refractivity contribution is -0.142. The molecule has 0 spiro atoms. The number of nitriles is 1. The van der Waals surface area contributed by atoms with Crippen molar-refractivity contribution in [2.45, 2.75) is 18.5 Å². The molecule has 2 heterocycles. The van der Waals surface area contributed by atoms with Gasteiger partial charge in [-0.25, -0.2) is 0 Å². The number of rotatable bonds is 7. The van der Waals surface area contributed by atoms with Crippen LogP contribution in [0.2, 0.25) is 0 Å². The van der Waals surface area contributed by atoms with E-state index in [1.807, 2.05) is 6.07 Å². The number of thiophene rings is 1. The fraction of sp³-hybridized carbons (Fsp3) is 0.357. The molecule has 1 amide bonds. The summed E-state index contributed by atoms with van der Waals surface area (Å²) in [4.78, 5) is 23.4. The average molecular weight is 365 g/mol. The minimum absolute atomic E-state index is 0.0326. The van der Waals surface area contributed by atoms with E-state index in [2.05, 4.69) is 15.5 Å². The molecule has 0 atom stereocenters. The molecule has 0 bridgehead atoms. The Hall–Kier alpha value is -2.38. The molecule has 8 nitrogen and oxygen atoms in total. The third kappa shape index (κ3) is 4.56. The van der Waals surface area contributed by atoms with Crippen LogP contribution in [0.3, 0.4) is 0 Å². The second-order valence-corrected chi connectivity index (χ2v) is 6.41. The zero-order valence-electron chi connectivity index (χ0n) is 13.1. The van der Waals surface area contributed by atoms with Crippen LogP contribution in [-0.2, 0) is 27.8 Å². The molecule has 0 unspecified atom stereocenters. The Labute approximate surface area is 146 Å². The van der Waals surface area contributed by atoms with Crippen LogP contribution < -0.4 is 5.32 Å². The SMILES string of the molecule is CCOC(=O)Cc1nnc(SCC(=O)Nc2sccc2C#N)n1C. The zero-order valence-corrected chi connectivity index (χ0v) is 14.7. The van der Waals surface area contributed by atoms with Gasteiger partial charge in [0.05, 0.1) is 17.9 Å². The molecule has 2 aromatic rings. The van der Waals surface area contributed by atoms with E-state index in [0.717, 1.165) is 0 Å². The molecular formula is C14H15N5O3S2. The highest BCUT2D eigenvalue weighted by Crippen LogP contribution is 2.23. The summed E-state index contributed by atoms with van der Waals surface area (Å²) in [6.07, 6.45) is 0.0326. The first-order valence-electron chi connectivity index (χ1n) is 6.99. The van der Waals surface area contributed by atoms with Crippen molar-refractivity contribution in [3.8, 4) is 6.07 Å². The number of carbonyl (C=O) groups excluding carboxylic acids is 2. The van der Waals surface area contributed by atoms with Crippen LogP contribution in [0.15, 0.2) is 16.6 Å². The lowest BCUT2D eigenvalue weighted by atomic mass is 10.3. The van der Waals surface area contributed by atoms with Crippen molar-refractivity contribution in [2.24, 2.45) is 7.05 Å². The zero-order chi connectivity index (χ0) is 17.5. The second-order valence-electron chi connectivity index (χ2n) is 4.55. The van der Waals surface area contributed by atoms with Gasteiger partial charge in [0.2, 0.25) is 5.91 Å². The Morgan fingerprint density at radius 2 is 2.29 bits per heavy atom. The number of carbonyl (C=O) groups is 2. The molecule has 10 heteroatoms. The summed E-state index contributed by atoms with van der Waals surface area (Å²) < 4.78 is 6.53. The number of nitrogens with zero attached hydrogens (tertiary/aromatic N) is 4. The van der Waals surface area contributed by atoms with Crippen molar-refractivity contribution in [1.82, 2.24) is 14.8 Å². The van der Waals surface area contributed by atoms with E-state index in [0.29, 0.717) is 28.2 Å². The quantitative estimate of drug-likeness (QED) is 0.586. The number of aromatic nitrogens is 3. The first-order valence-corrected chi connectivity index (χ1v) is 8.85. The largest absolute Gasteiger partial charge is 0.466 e. The van der Waals surface area contributed by atoms with E-state index < -0.39 is 0 Å². The van der Waals surface area contributed by atoms with Crippen molar-refractivity contribution >= 4 is 40.0 Å². The van der Waals surface area contributed by atoms with E-state index in [1.54, 1.807) is 30.0 Å². The van der Waals surface area contributed by atoms with Gasteiger partial charge in [-0.1, -0.05) is 11.8 Å². The average Bonchev–Trinajstić information content (AvgIpc) is 3.13. The van der Waals surface area contributed by atoms with Crippen molar-refractivity contribution in [3.63, 3.8) is 0 Å². The molecule has 0 saturated heterocycles. The number of nitrogens with one attached hydrogen (secondary N) is 1. The maximum absolute atomic E-state index is 12.0. The summed E-state index contributed by atoms with van der Waals surface area (Å²) in [6, 6.07) is 3.66. The lowest BCUT2D eigenvalue weighted by Crippen LogP contribution is -2.14. The number of hydrogen-bond donors (Lipinski definition) is 1. The molecule has 0 aliphatic rings. The molecule has 0 radical (unpaired) electrons. The first kappa shape index (κ1) is 18.0. The molecule has 0 saturated carbocycles. The fourth-order valence-corrected chi connectivity index (χ4v) is 3.24. The van der Waals surface area contributed by atoms with Gasteiger partial charge in [-0.2, -0.15) is 5.26 Å². The highest BCUT2D eigenvalue weighted by atomic mass is 32.2. The third-order valence-corrected chi connectivity index (χ3v) is 4.75. The van der Waals surface area contributed by atoms with E-state index in [9.17, 15) is 9.59 Å². The van der Waals surface area contributed by atoms with Gasteiger partial charge in [-0.05, 0) is 18.4 Å². The predicted octanol–water partition coefficient (Wildman–Crippen LogP) is 1.58. The Balaban J connectivity index is 1.90. The number of thioether (sulfide) groups is 1. The molecule has 0 aliphatic carbocycles. The van der Waals surface area contributed by atoms with Crippen LogP contribution in [0.1, 0.15) is 18.3 Å². The third-order valence-electron chi connectivity index (χ3n) is 2.90. The van der Waals surface area contributed by atoms with Gasteiger partial charge in [-0.15, -0.1) is 21.5 Å². The van der Waals surface area contributed by atoms with Gasteiger partial charge in [0, 0.05) is 7.05 Å². The highest BCUT2D eigenvalue weighted by Gasteiger charge is 2.15. The summed E-state index contributed by atoms with van der Waals surface area (Å²) in [6.45, 7) is 2.05. The second kappa shape index (κ2) is 8.47. The molecule has 0 aliphatic heterocycles. The standard InChI is InChI=1S/C14H15N5O3S2/c1-3-22-12(21)6-10-17-18-14(19(10)2)24-8-11(20)16-13-9(7-15)4-5-23-13/h4-5H,3,6,8H2,1-2H3,(H,16,20). The van der Waals surface area contributed by atoms with Gasteiger partial charge in [0.1, 0.15) is 23.3 Å². The number of esters is 1. The summed E-state index contributed by atoms with van der Waals surface area (Å²) in [5, 5.41) is 22.3. The molecule has 0 fully saturated rings. The van der Waals surface area contributed by atoms with Crippen molar-refractivity contribution < 1.29 is 14.3 Å². The van der Waals surface area contributed by atoms with Crippen LogP contribution in [0.25, 0.3) is 0 Å². The van der Waals surface area contributed by atoms with Crippen LogP contribution in [0.4, 0.5) is 5.00 Å². The summed E-state index contributed by atoms with van der Waals surface area (Å²) >= 11 is 2.49. The maximum atomic E-state index is 12.0. The number of anilines is 1. The van der Waals surface area contributed by atoms with Crippen LogP contribution in [0, 0.1) is 11.3 Å². The normalized spacial score (nSPS) is 10.2. The minimum atomic E-state index is -0.371. The smallest absolute Gasteiger partial charge is 0.313 e. The fourth-order valence-electron chi connectivity index (χ4n) is 1.75. The molecule has 2 aromatic heterocycles. The van der Waals surface area contributed by atoms with Crippen LogP contribution >= 0.6 is 23.1 Å². The van der Waals surface area contributed by atoms with Crippen molar-refractivity contribution in [1.29, 1.82) is 5.26 Å². The topological polar surface area (TPSA) is 110 Å². The lowest BCUT2D eigenvalue weighted by Gasteiger charge is -2.04. The Kier molecular flexibility index (Phi) is 6.34. The number of ether oxygens (including phenoxy) is 1. The molecule has 1 N–H and O–H groups in total. The molecule has 126 valence electrons. The van der Waals surface area contributed by atoms with Crippen molar-refractivity contribution in [2.75, 3.05) is 17.7 Å². The maximum Gasteiger partial charge on any atom is 0.313 e. The Morgan fingerprint density at radius 3 is 3.00 bits per heavy atom. The van der Waals surface area contributed by atoms with E-state index in [4.69, 9.17) is 10.00 Å². The van der Waals surface area contributed by atoms with Crippen molar-refractivity contribution in [3.05, 3.63) is 22.8 Å². The minimum Gasteiger partial charge on any atom is -0.466 e. The van der Waals surface area contributed by atoms with Crippen LogP contribution in [0.5, 0.6) is 0 Å². The molecular weight excluding hydrogens is 350 g/mol. The van der Waals surface area contributed by atoms with Gasteiger partial charge >= 0.3 is 5.97 Å².